The summed E-state index contributed by atoms with van der Waals surface area (Å²) in [5.74, 6) is 11.6. The number of amides is 4. The number of hydrazine groups is 2. The Morgan fingerprint density at radius 3 is 1.06 bits per heavy atom. The standard InChI is InChI=1S/C23H32N6O3/c1-5-13-9-17(10-14(6-2)19(13)28(26)22(24)31)21(30)18-11-15(7-3)20(16(8-4)12-18)29(27)23(25)32/h9-12H,5-8,26-27H2,1-4H3,(H2,24,31)(H2,25,32). The normalized spacial score (nSPS) is 10.7. The van der Waals surface area contributed by atoms with Gasteiger partial charge in [-0.05, 0) is 72.2 Å². The molecular weight excluding hydrogens is 408 g/mol. The molecule has 2 aromatic rings. The Balaban J connectivity index is 2.67. The lowest BCUT2D eigenvalue weighted by Crippen LogP contribution is -2.42. The van der Waals surface area contributed by atoms with Crippen molar-refractivity contribution in [2.45, 2.75) is 53.4 Å². The number of hydrogen-bond donors (Lipinski definition) is 4. The first kappa shape index (κ1) is 24.8. The van der Waals surface area contributed by atoms with Crippen LogP contribution >= 0.6 is 0 Å². The lowest BCUT2D eigenvalue weighted by molar-refractivity contribution is 0.103. The SMILES string of the molecule is CCc1cc(C(=O)c2cc(CC)c(N(N)C(N)=O)c(CC)c2)cc(CC)c1N(N)C(N)=O. The molecule has 4 amide bonds. The van der Waals surface area contributed by atoms with E-state index in [-0.39, 0.29) is 5.78 Å². The number of primary amides is 2. The largest absolute Gasteiger partial charge is 0.350 e. The van der Waals surface area contributed by atoms with Crippen molar-refractivity contribution in [1.29, 1.82) is 0 Å². The van der Waals surface area contributed by atoms with Gasteiger partial charge in [-0.15, -0.1) is 0 Å². The Morgan fingerprint density at radius 2 is 0.875 bits per heavy atom. The molecule has 0 fully saturated rings. The maximum absolute atomic E-state index is 13.5. The number of aryl methyl sites for hydroxylation is 4. The number of benzene rings is 2. The van der Waals surface area contributed by atoms with Crippen LogP contribution in [0.15, 0.2) is 24.3 Å². The zero-order valence-electron chi connectivity index (χ0n) is 19.1. The summed E-state index contributed by atoms with van der Waals surface area (Å²) in [6, 6.07) is 5.41. The minimum absolute atomic E-state index is 0.179. The van der Waals surface area contributed by atoms with Crippen molar-refractivity contribution in [3.05, 3.63) is 57.6 Å². The van der Waals surface area contributed by atoms with Gasteiger partial charge in [0.15, 0.2) is 5.78 Å². The molecule has 0 aliphatic rings. The molecule has 0 radical (unpaired) electrons. The molecule has 2 aromatic carbocycles. The lowest BCUT2D eigenvalue weighted by Gasteiger charge is -2.23. The molecule has 0 bridgehead atoms. The summed E-state index contributed by atoms with van der Waals surface area (Å²) < 4.78 is 0. The minimum Gasteiger partial charge on any atom is -0.350 e. The summed E-state index contributed by atoms with van der Waals surface area (Å²) in [6.07, 6.45) is 2.24. The van der Waals surface area contributed by atoms with Crippen LogP contribution < -0.4 is 33.2 Å². The number of urea groups is 2. The van der Waals surface area contributed by atoms with Crippen LogP contribution in [0.3, 0.4) is 0 Å². The summed E-state index contributed by atoms with van der Waals surface area (Å²) in [6.45, 7) is 7.67. The average Bonchev–Trinajstić information content (AvgIpc) is 2.80. The summed E-state index contributed by atoms with van der Waals surface area (Å²) in [7, 11) is 0. The number of ketones is 1. The fourth-order valence-corrected chi connectivity index (χ4v) is 3.87. The van der Waals surface area contributed by atoms with E-state index in [1.54, 1.807) is 24.3 Å². The summed E-state index contributed by atoms with van der Waals surface area (Å²) >= 11 is 0. The monoisotopic (exact) mass is 440 g/mol. The van der Waals surface area contributed by atoms with Crippen molar-refractivity contribution in [2.75, 3.05) is 10.0 Å². The fourth-order valence-electron chi connectivity index (χ4n) is 3.87. The predicted octanol–water partition coefficient (Wildman–Crippen LogP) is 2.68. The van der Waals surface area contributed by atoms with Gasteiger partial charge in [0, 0.05) is 11.1 Å². The molecule has 9 heteroatoms. The van der Waals surface area contributed by atoms with E-state index in [4.69, 9.17) is 23.2 Å². The van der Waals surface area contributed by atoms with Crippen molar-refractivity contribution < 1.29 is 14.4 Å². The second kappa shape index (κ2) is 10.3. The van der Waals surface area contributed by atoms with E-state index >= 15 is 0 Å². The molecule has 0 aliphatic carbocycles. The molecule has 0 heterocycles. The number of carbonyl (C=O) groups excluding carboxylic acids is 3. The average molecular weight is 441 g/mol. The Bertz CT molecular complexity index is 919. The number of rotatable bonds is 8. The number of hydrogen-bond acceptors (Lipinski definition) is 5. The van der Waals surface area contributed by atoms with Crippen LogP contribution in [0.25, 0.3) is 0 Å². The Morgan fingerprint density at radius 1 is 0.625 bits per heavy atom. The van der Waals surface area contributed by atoms with E-state index < -0.39 is 12.1 Å². The third-order valence-electron chi connectivity index (χ3n) is 5.54. The number of nitrogens with two attached hydrogens (primary N) is 4. The van der Waals surface area contributed by atoms with Crippen LogP contribution in [0.4, 0.5) is 21.0 Å². The zero-order valence-corrected chi connectivity index (χ0v) is 19.1. The van der Waals surface area contributed by atoms with Crippen LogP contribution in [0.5, 0.6) is 0 Å². The van der Waals surface area contributed by atoms with Gasteiger partial charge in [0.25, 0.3) is 0 Å². The summed E-state index contributed by atoms with van der Waals surface area (Å²) in [5.41, 5.74) is 15.8. The third kappa shape index (κ3) is 4.74. The van der Waals surface area contributed by atoms with E-state index in [2.05, 4.69) is 0 Å². The highest BCUT2D eigenvalue weighted by molar-refractivity contribution is 6.10. The molecule has 0 aliphatic heterocycles. The molecule has 0 unspecified atom stereocenters. The number of nitrogens with zero attached hydrogens (tertiary/aromatic N) is 2. The first-order chi connectivity index (χ1) is 15.1. The number of anilines is 2. The molecular formula is C23H32N6O3. The highest BCUT2D eigenvalue weighted by atomic mass is 16.2. The third-order valence-corrected chi connectivity index (χ3v) is 5.54. The quantitative estimate of drug-likeness (QED) is 0.214. The Hall–Kier alpha value is -3.43. The van der Waals surface area contributed by atoms with Gasteiger partial charge in [0.2, 0.25) is 0 Å². The molecule has 2 rings (SSSR count). The van der Waals surface area contributed by atoms with Gasteiger partial charge >= 0.3 is 12.1 Å². The van der Waals surface area contributed by atoms with Crippen LogP contribution in [-0.2, 0) is 25.7 Å². The van der Waals surface area contributed by atoms with Gasteiger partial charge in [0.05, 0.1) is 11.4 Å². The van der Waals surface area contributed by atoms with Gasteiger partial charge in [-0.2, -0.15) is 0 Å². The van der Waals surface area contributed by atoms with E-state index in [1.165, 1.54) is 0 Å². The second-order valence-electron chi connectivity index (χ2n) is 7.45. The number of carbonyl (C=O) groups is 3. The van der Waals surface area contributed by atoms with Crippen LogP contribution in [0, 0.1) is 0 Å². The van der Waals surface area contributed by atoms with Gasteiger partial charge in [0.1, 0.15) is 0 Å². The van der Waals surface area contributed by atoms with E-state index in [0.29, 0.717) is 48.2 Å². The smallest absolute Gasteiger partial charge is 0.333 e. The minimum atomic E-state index is -0.773. The molecule has 0 atom stereocenters. The molecule has 172 valence electrons. The van der Waals surface area contributed by atoms with Crippen LogP contribution in [0.1, 0.15) is 65.9 Å². The molecule has 0 saturated carbocycles. The molecule has 32 heavy (non-hydrogen) atoms. The molecule has 0 aromatic heterocycles. The maximum atomic E-state index is 13.5. The van der Waals surface area contributed by atoms with Crippen molar-refractivity contribution in [1.82, 2.24) is 0 Å². The van der Waals surface area contributed by atoms with E-state index in [9.17, 15) is 14.4 Å². The second-order valence-corrected chi connectivity index (χ2v) is 7.45. The first-order valence-corrected chi connectivity index (χ1v) is 10.7. The highest BCUT2D eigenvalue weighted by Crippen LogP contribution is 2.31. The van der Waals surface area contributed by atoms with E-state index in [0.717, 1.165) is 32.3 Å². The predicted molar refractivity (Wildman–Crippen MR) is 126 cm³/mol. The molecule has 8 N–H and O–H groups in total. The van der Waals surface area contributed by atoms with Crippen LogP contribution in [0.2, 0.25) is 0 Å². The van der Waals surface area contributed by atoms with Crippen molar-refractivity contribution in [2.24, 2.45) is 23.2 Å². The summed E-state index contributed by atoms with van der Waals surface area (Å²) in [5, 5.41) is 1.84. The Kier molecular flexibility index (Phi) is 7.96. The zero-order chi connectivity index (χ0) is 24.2. The highest BCUT2D eigenvalue weighted by Gasteiger charge is 2.23. The van der Waals surface area contributed by atoms with Crippen molar-refractivity contribution in [3.63, 3.8) is 0 Å². The first-order valence-electron chi connectivity index (χ1n) is 10.7. The van der Waals surface area contributed by atoms with Gasteiger partial charge < -0.3 is 11.5 Å². The topological polar surface area (TPSA) is 162 Å². The van der Waals surface area contributed by atoms with Crippen molar-refractivity contribution in [3.8, 4) is 0 Å². The molecule has 0 saturated heterocycles. The fraction of sp³-hybridized carbons (Fsp3) is 0.348. The molecule has 9 nitrogen and oxygen atoms in total. The van der Waals surface area contributed by atoms with Gasteiger partial charge in [-0.3, -0.25) is 4.79 Å². The van der Waals surface area contributed by atoms with Gasteiger partial charge in [-0.25, -0.2) is 31.3 Å². The van der Waals surface area contributed by atoms with Gasteiger partial charge in [-0.1, -0.05) is 27.7 Å². The van der Waals surface area contributed by atoms with Crippen molar-refractivity contribution >= 4 is 29.2 Å². The lowest BCUT2D eigenvalue weighted by atomic mass is 9.91. The molecule has 0 spiro atoms. The van der Waals surface area contributed by atoms with Crippen LogP contribution in [-0.4, -0.2) is 17.8 Å². The maximum Gasteiger partial charge on any atom is 0.333 e. The summed E-state index contributed by atoms with van der Waals surface area (Å²) in [4.78, 5) is 36.8. The Labute approximate surface area is 188 Å². The van der Waals surface area contributed by atoms with E-state index in [1.807, 2.05) is 27.7 Å².